The normalized spacial score (nSPS) is 14.6. The molecule has 6 nitrogen and oxygen atoms in total. The SMILES string of the molecule is O=C(Nc1ccccc1OCc1cscn1)C1CCN(c2ccc(Cl)cn2)CC1. The Morgan fingerprint density at radius 1 is 1.21 bits per heavy atom. The van der Waals surface area contributed by atoms with Gasteiger partial charge < -0.3 is 15.0 Å². The first-order valence-electron chi connectivity index (χ1n) is 9.45. The number of halogens is 1. The number of anilines is 2. The Bertz CT molecular complexity index is 942. The zero-order valence-corrected chi connectivity index (χ0v) is 17.3. The number of carbonyl (C=O) groups is 1. The maximum absolute atomic E-state index is 12.8. The van der Waals surface area contributed by atoms with Crippen molar-refractivity contribution in [1.29, 1.82) is 0 Å². The van der Waals surface area contributed by atoms with Crippen LogP contribution in [0.3, 0.4) is 0 Å². The number of ether oxygens (including phenoxy) is 1. The van der Waals surface area contributed by atoms with Gasteiger partial charge in [0.25, 0.3) is 0 Å². The van der Waals surface area contributed by atoms with E-state index in [1.54, 1.807) is 11.7 Å². The third-order valence-electron chi connectivity index (χ3n) is 4.91. The molecule has 0 saturated carbocycles. The molecule has 0 aliphatic carbocycles. The van der Waals surface area contributed by atoms with Crippen molar-refractivity contribution < 1.29 is 9.53 Å². The fraction of sp³-hybridized carbons (Fsp3) is 0.286. The van der Waals surface area contributed by atoms with E-state index in [4.69, 9.17) is 16.3 Å². The number of hydrogen-bond acceptors (Lipinski definition) is 6. The average molecular weight is 429 g/mol. The van der Waals surface area contributed by atoms with Crippen LogP contribution in [0.4, 0.5) is 11.5 Å². The van der Waals surface area contributed by atoms with E-state index in [2.05, 4.69) is 20.2 Å². The van der Waals surface area contributed by atoms with Gasteiger partial charge in [-0.2, -0.15) is 0 Å². The van der Waals surface area contributed by atoms with E-state index in [0.717, 1.165) is 37.4 Å². The fourth-order valence-corrected chi connectivity index (χ4v) is 3.97. The summed E-state index contributed by atoms with van der Waals surface area (Å²) in [6.07, 6.45) is 3.20. The van der Waals surface area contributed by atoms with Crippen LogP contribution in [0, 0.1) is 5.92 Å². The number of carbonyl (C=O) groups excluding carboxylic acids is 1. The predicted octanol–water partition coefficient (Wildman–Crippen LogP) is 4.63. The van der Waals surface area contributed by atoms with Gasteiger partial charge in [-0.25, -0.2) is 9.97 Å². The van der Waals surface area contributed by atoms with E-state index in [9.17, 15) is 4.79 Å². The Hall–Kier alpha value is -2.64. The second kappa shape index (κ2) is 9.24. The summed E-state index contributed by atoms with van der Waals surface area (Å²) >= 11 is 7.44. The fourth-order valence-electron chi connectivity index (χ4n) is 3.32. The highest BCUT2D eigenvalue weighted by Crippen LogP contribution is 2.28. The summed E-state index contributed by atoms with van der Waals surface area (Å²) in [7, 11) is 0. The predicted molar refractivity (Wildman–Crippen MR) is 116 cm³/mol. The summed E-state index contributed by atoms with van der Waals surface area (Å²) in [6, 6.07) is 11.3. The van der Waals surface area contributed by atoms with Gasteiger partial charge in [-0.3, -0.25) is 4.79 Å². The van der Waals surface area contributed by atoms with Crippen molar-refractivity contribution in [3.63, 3.8) is 0 Å². The van der Waals surface area contributed by atoms with Crippen LogP contribution in [0.2, 0.25) is 5.02 Å². The van der Waals surface area contributed by atoms with Gasteiger partial charge >= 0.3 is 0 Å². The molecule has 4 rings (SSSR count). The highest BCUT2D eigenvalue weighted by molar-refractivity contribution is 7.07. The molecule has 1 saturated heterocycles. The van der Waals surface area contributed by atoms with Crippen LogP contribution in [-0.4, -0.2) is 29.0 Å². The molecule has 0 spiro atoms. The first kappa shape index (κ1) is 19.7. The summed E-state index contributed by atoms with van der Waals surface area (Å²) in [4.78, 5) is 23.6. The monoisotopic (exact) mass is 428 g/mol. The van der Waals surface area contributed by atoms with Crippen molar-refractivity contribution in [3.8, 4) is 5.75 Å². The maximum atomic E-state index is 12.8. The molecule has 1 aliphatic rings. The van der Waals surface area contributed by atoms with Crippen LogP contribution in [0.1, 0.15) is 18.5 Å². The van der Waals surface area contributed by atoms with Crippen LogP contribution < -0.4 is 15.0 Å². The summed E-state index contributed by atoms with van der Waals surface area (Å²) < 4.78 is 5.86. The van der Waals surface area contributed by atoms with Gasteiger partial charge in [-0.1, -0.05) is 23.7 Å². The van der Waals surface area contributed by atoms with Crippen LogP contribution in [0.15, 0.2) is 53.5 Å². The summed E-state index contributed by atoms with van der Waals surface area (Å²) in [6.45, 7) is 1.95. The lowest BCUT2D eigenvalue weighted by Gasteiger charge is -2.32. The first-order valence-corrected chi connectivity index (χ1v) is 10.8. The van der Waals surface area contributed by atoms with E-state index in [0.29, 0.717) is 23.1 Å². The molecular weight excluding hydrogens is 408 g/mol. The molecule has 0 bridgehead atoms. The minimum atomic E-state index is -0.0369. The Morgan fingerprint density at radius 2 is 2.03 bits per heavy atom. The molecule has 1 N–H and O–H groups in total. The number of rotatable bonds is 6. The molecule has 3 aromatic rings. The van der Waals surface area contributed by atoms with E-state index < -0.39 is 0 Å². The molecule has 1 aromatic carbocycles. The minimum absolute atomic E-state index is 0.0263. The Kier molecular flexibility index (Phi) is 6.27. The number of para-hydroxylation sites is 2. The Balaban J connectivity index is 1.33. The molecule has 1 fully saturated rings. The average Bonchev–Trinajstić information content (AvgIpc) is 3.27. The zero-order chi connectivity index (χ0) is 20.1. The van der Waals surface area contributed by atoms with Crippen molar-refractivity contribution in [2.24, 2.45) is 5.92 Å². The number of nitrogens with one attached hydrogen (secondary N) is 1. The van der Waals surface area contributed by atoms with Crippen LogP contribution >= 0.6 is 22.9 Å². The molecule has 0 radical (unpaired) electrons. The van der Waals surface area contributed by atoms with E-state index in [1.165, 1.54) is 11.3 Å². The second-order valence-electron chi connectivity index (χ2n) is 6.85. The van der Waals surface area contributed by atoms with Crippen molar-refractivity contribution in [2.45, 2.75) is 19.4 Å². The largest absolute Gasteiger partial charge is 0.485 e. The Morgan fingerprint density at radius 3 is 2.76 bits per heavy atom. The number of pyridine rings is 1. The molecule has 0 unspecified atom stereocenters. The molecule has 2 aromatic heterocycles. The number of piperidine rings is 1. The van der Waals surface area contributed by atoms with Gasteiger partial charge in [0.05, 0.1) is 21.9 Å². The molecule has 1 amide bonds. The van der Waals surface area contributed by atoms with E-state index in [-0.39, 0.29) is 11.8 Å². The topological polar surface area (TPSA) is 67.3 Å². The maximum Gasteiger partial charge on any atom is 0.227 e. The van der Waals surface area contributed by atoms with Crippen molar-refractivity contribution in [2.75, 3.05) is 23.3 Å². The molecule has 0 atom stereocenters. The van der Waals surface area contributed by atoms with Gasteiger partial charge in [-0.15, -0.1) is 11.3 Å². The Labute approximate surface area is 178 Å². The minimum Gasteiger partial charge on any atom is -0.485 e. The van der Waals surface area contributed by atoms with E-state index >= 15 is 0 Å². The van der Waals surface area contributed by atoms with Gasteiger partial charge in [0.15, 0.2) is 0 Å². The lowest BCUT2D eigenvalue weighted by atomic mass is 9.95. The van der Waals surface area contributed by atoms with Crippen molar-refractivity contribution >= 4 is 40.4 Å². The van der Waals surface area contributed by atoms with Crippen LogP contribution in [0.25, 0.3) is 0 Å². The summed E-state index contributed by atoms with van der Waals surface area (Å²) in [5.41, 5.74) is 3.34. The lowest BCUT2D eigenvalue weighted by molar-refractivity contribution is -0.120. The summed E-state index contributed by atoms with van der Waals surface area (Å²) in [5.74, 6) is 1.54. The number of benzene rings is 1. The molecule has 8 heteroatoms. The molecule has 3 heterocycles. The highest BCUT2D eigenvalue weighted by Gasteiger charge is 2.26. The van der Waals surface area contributed by atoms with Gasteiger partial charge in [0, 0.05) is 30.6 Å². The van der Waals surface area contributed by atoms with Gasteiger partial charge in [0.2, 0.25) is 5.91 Å². The quantitative estimate of drug-likeness (QED) is 0.620. The van der Waals surface area contributed by atoms with Crippen molar-refractivity contribution in [1.82, 2.24) is 9.97 Å². The number of aromatic nitrogens is 2. The number of thiazole rings is 1. The number of nitrogens with zero attached hydrogens (tertiary/aromatic N) is 3. The third-order valence-corrected chi connectivity index (χ3v) is 5.76. The van der Waals surface area contributed by atoms with Crippen molar-refractivity contribution in [3.05, 3.63) is 64.2 Å². The standard InChI is InChI=1S/C21H21ClN4O2S/c22-16-5-6-20(23-11-16)26-9-7-15(8-10-26)21(27)25-18-3-1-2-4-19(18)28-12-17-13-29-14-24-17/h1-6,11,13-15H,7-10,12H2,(H,25,27). The number of amides is 1. The number of hydrogen-bond donors (Lipinski definition) is 1. The lowest BCUT2D eigenvalue weighted by Crippen LogP contribution is -2.38. The molecule has 1 aliphatic heterocycles. The third kappa shape index (κ3) is 5.05. The summed E-state index contributed by atoms with van der Waals surface area (Å²) in [5, 5.41) is 5.61. The first-order chi connectivity index (χ1) is 14.2. The molecule has 150 valence electrons. The zero-order valence-electron chi connectivity index (χ0n) is 15.8. The van der Waals surface area contributed by atoms with E-state index in [1.807, 2.05) is 41.8 Å². The molecule has 29 heavy (non-hydrogen) atoms. The molecular formula is C21H21ClN4O2S. The van der Waals surface area contributed by atoms with Crippen LogP contribution in [0.5, 0.6) is 5.75 Å². The smallest absolute Gasteiger partial charge is 0.227 e. The van der Waals surface area contributed by atoms with Gasteiger partial charge in [0.1, 0.15) is 18.2 Å². The van der Waals surface area contributed by atoms with Crippen LogP contribution in [-0.2, 0) is 11.4 Å². The van der Waals surface area contributed by atoms with Gasteiger partial charge in [-0.05, 0) is 37.1 Å². The second-order valence-corrected chi connectivity index (χ2v) is 8.00. The highest BCUT2D eigenvalue weighted by atomic mass is 35.5.